The Morgan fingerprint density at radius 3 is 2.90 bits per heavy atom. The van der Waals surface area contributed by atoms with Gasteiger partial charge in [0, 0.05) is 18.6 Å². The molecule has 4 rings (SSSR count). The van der Waals surface area contributed by atoms with Crippen LogP contribution in [0.5, 0.6) is 0 Å². The van der Waals surface area contributed by atoms with Crippen molar-refractivity contribution in [2.24, 2.45) is 16.6 Å². The van der Waals surface area contributed by atoms with Crippen molar-refractivity contribution in [2.75, 3.05) is 13.7 Å². The molecule has 0 bridgehead atoms. The van der Waals surface area contributed by atoms with Crippen LogP contribution >= 0.6 is 11.8 Å². The molecule has 154 valence electrons. The summed E-state index contributed by atoms with van der Waals surface area (Å²) >= 11 is 1.48. The number of aromatic nitrogens is 2. The number of ether oxygens (including phenoxy) is 1. The van der Waals surface area contributed by atoms with E-state index in [2.05, 4.69) is 19.8 Å². The highest BCUT2D eigenvalue weighted by Gasteiger charge is 2.66. The molecule has 2 heterocycles. The van der Waals surface area contributed by atoms with E-state index < -0.39 is 17.2 Å². The Kier molecular flexibility index (Phi) is 5.08. The lowest BCUT2D eigenvalue weighted by molar-refractivity contribution is 0.184. The molecule has 2 aromatic rings. The van der Waals surface area contributed by atoms with Gasteiger partial charge in [-0.05, 0) is 37.1 Å². The number of benzene rings is 1. The number of rotatable bonds is 5. The minimum absolute atomic E-state index is 0.00266. The van der Waals surface area contributed by atoms with E-state index >= 15 is 0 Å². The van der Waals surface area contributed by atoms with Gasteiger partial charge in [0.05, 0.1) is 23.1 Å². The zero-order valence-corrected chi connectivity index (χ0v) is 17.2. The van der Waals surface area contributed by atoms with Crippen LogP contribution in [0.25, 0.3) is 16.7 Å². The average Bonchev–Trinajstić information content (AvgIpc) is 3.44. The van der Waals surface area contributed by atoms with Crippen molar-refractivity contribution in [3.63, 3.8) is 0 Å². The van der Waals surface area contributed by atoms with Gasteiger partial charge in [0.15, 0.2) is 11.0 Å². The first-order valence-corrected chi connectivity index (χ1v) is 10.0. The molecule has 0 spiro atoms. The number of fused-ring (bicyclic) bond motifs is 1. The largest absolute Gasteiger partial charge is 0.383 e. The topological polar surface area (TPSA) is 77.8 Å². The maximum absolute atomic E-state index is 14.9. The van der Waals surface area contributed by atoms with E-state index in [4.69, 9.17) is 17.0 Å². The van der Waals surface area contributed by atoms with Gasteiger partial charge >= 0.3 is 0 Å². The second-order valence-corrected chi connectivity index (χ2v) is 8.99. The number of halogens is 2. The number of methoxy groups -OCH3 is 1. The fourth-order valence-electron chi connectivity index (χ4n) is 4.07. The Hall–Kier alpha value is -2.83. The molecule has 30 heavy (non-hydrogen) atoms. The van der Waals surface area contributed by atoms with Crippen LogP contribution < -0.4 is 5.73 Å². The third kappa shape index (κ3) is 3.46. The number of aliphatic imine (C=N–C) groups is 1. The summed E-state index contributed by atoms with van der Waals surface area (Å²) in [5, 5.41) is 0.394. The number of hydrogen-bond acceptors (Lipinski definition) is 6. The summed E-state index contributed by atoms with van der Waals surface area (Å²) in [4.78, 5) is 15.4. The number of amidine groups is 1. The molecule has 0 unspecified atom stereocenters. The second kappa shape index (κ2) is 7.45. The molecule has 0 saturated heterocycles. The minimum Gasteiger partial charge on any atom is -0.383 e. The van der Waals surface area contributed by atoms with Crippen molar-refractivity contribution in [1.82, 2.24) is 9.97 Å². The van der Waals surface area contributed by atoms with E-state index in [1.165, 1.54) is 42.4 Å². The molecule has 2 aliphatic rings. The Morgan fingerprint density at radius 2 is 2.23 bits per heavy atom. The molecule has 9 heteroatoms. The van der Waals surface area contributed by atoms with Gasteiger partial charge in [-0.15, -0.1) is 4.98 Å². The third-order valence-electron chi connectivity index (χ3n) is 5.57. The summed E-state index contributed by atoms with van der Waals surface area (Å²) in [6.07, 6.45) is 4.46. The van der Waals surface area contributed by atoms with Gasteiger partial charge in [-0.1, -0.05) is 24.4 Å². The van der Waals surface area contributed by atoms with Crippen LogP contribution in [0, 0.1) is 18.3 Å². The number of nitrogens with zero attached hydrogens (tertiary/aromatic N) is 4. The monoisotopic (exact) mass is 427 g/mol. The van der Waals surface area contributed by atoms with Gasteiger partial charge < -0.3 is 15.3 Å². The fraction of sp³-hybridized carbons (Fsp3) is 0.333. The second-order valence-electron chi connectivity index (χ2n) is 7.56. The smallest absolute Gasteiger partial charge is 0.287 e. The molecule has 1 aliphatic carbocycles. The van der Waals surface area contributed by atoms with Crippen molar-refractivity contribution >= 4 is 34.7 Å². The molecule has 3 atom stereocenters. The standard InChI is InChI=1S/C21H19F2N5OS/c1-20(17-8-21(17,11-29-3)30-19(24)28-20)13-6-12(4-5-14(13)22)7-15(23)16-9-27-18(25-2)10-26-16/h4-7,9-10,17H,8,11H2,1,3H3,(H2,24,28)/b15-7-/t17-,20+,21+/m0/s1. The van der Waals surface area contributed by atoms with Crippen molar-refractivity contribution in [1.29, 1.82) is 0 Å². The molecule has 2 N–H and O–H groups in total. The molecule has 1 aliphatic heterocycles. The number of thioether (sulfide) groups is 1. The lowest BCUT2D eigenvalue weighted by atomic mass is 9.85. The van der Waals surface area contributed by atoms with Crippen LogP contribution in [0.2, 0.25) is 0 Å². The Balaban J connectivity index is 1.70. The van der Waals surface area contributed by atoms with Gasteiger partial charge in [0.25, 0.3) is 5.82 Å². The summed E-state index contributed by atoms with van der Waals surface area (Å²) in [7, 11) is 1.63. The molecule has 0 radical (unpaired) electrons. The van der Waals surface area contributed by atoms with E-state index in [0.29, 0.717) is 22.9 Å². The Bertz CT molecular complexity index is 1100. The predicted molar refractivity (Wildman–Crippen MR) is 113 cm³/mol. The molecular weight excluding hydrogens is 408 g/mol. The fourth-order valence-corrected chi connectivity index (χ4v) is 5.52. The Labute approximate surface area is 177 Å². The van der Waals surface area contributed by atoms with Gasteiger partial charge in [0.2, 0.25) is 0 Å². The predicted octanol–water partition coefficient (Wildman–Crippen LogP) is 4.32. The van der Waals surface area contributed by atoms with E-state index in [1.807, 2.05) is 6.92 Å². The minimum atomic E-state index is -0.866. The van der Waals surface area contributed by atoms with Crippen molar-refractivity contribution in [3.05, 3.63) is 64.6 Å². The van der Waals surface area contributed by atoms with Crippen LogP contribution in [-0.4, -0.2) is 33.6 Å². The molecule has 1 saturated carbocycles. The summed E-state index contributed by atoms with van der Waals surface area (Å²) in [6.45, 7) is 9.25. The normalized spacial score (nSPS) is 27.8. The summed E-state index contributed by atoms with van der Waals surface area (Å²) in [5.41, 5.74) is 6.04. The van der Waals surface area contributed by atoms with Crippen LogP contribution in [0.15, 0.2) is 35.6 Å². The average molecular weight is 427 g/mol. The molecule has 1 fully saturated rings. The lowest BCUT2D eigenvalue weighted by Gasteiger charge is -2.34. The highest BCUT2D eigenvalue weighted by Crippen LogP contribution is 2.65. The third-order valence-corrected chi connectivity index (χ3v) is 6.84. The SMILES string of the molecule is [C-]#[N+]c1cnc(/C(F)=C/c2ccc(F)c([C@@]3(C)N=C(N)S[C@@]4(COC)C[C@H]43)c2)cn1. The van der Waals surface area contributed by atoms with E-state index in [0.717, 1.165) is 6.42 Å². The van der Waals surface area contributed by atoms with E-state index in [9.17, 15) is 8.78 Å². The quantitative estimate of drug-likeness (QED) is 0.720. The van der Waals surface area contributed by atoms with E-state index in [-0.39, 0.29) is 22.2 Å². The molecule has 0 amide bonds. The van der Waals surface area contributed by atoms with Crippen LogP contribution in [-0.2, 0) is 10.3 Å². The van der Waals surface area contributed by atoms with E-state index in [1.54, 1.807) is 13.2 Å². The van der Waals surface area contributed by atoms with Gasteiger partial charge in [-0.3, -0.25) is 9.98 Å². The van der Waals surface area contributed by atoms with Gasteiger partial charge in [-0.2, -0.15) is 0 Å². The first kappa shape index (κ1) is 20.4. The molecular formula is C21H19F2N5OS. The molecule has 1 aromatic heterocycles. The summed E-state index contributed by atoms with van der Waals surface area (Å²) in [6, 6.07) is 4.39. The van der Waals surface area contributed by atoms with Gasteiger partial charge in [0.1, 0.15) is 17.7 Å². The maximum atomic E-state index is 14.9. The zero-order chi connectivity index (χ0) is 21.5. The molecule has 1 aromatic carbocycles. The first-order valence-electron chi connectivity index (χ1n) is 9.22. The zero-order valence-electron chi connectivity index (χ0n) is 16.4. The highest BCUT2D eigenvalue weighted by atomic mass is 32.2. The van der Waals surface area contributed by atoms with Crippen LogP contribution in [0.4, 0.5) is 14.6 Å². The lowest BCUT2D eigenvalue weighted by Crippen LogP contribution is -2.37. The summed E-state index contributed by atoms with van der Waals surface area (Å²) < 4.78 is 34.7. The van der Waals surface area contributed by atoms with Crippen molar-refractivity contribution in [3.8, 4) is 0 Å². The highest BCUT2D eigenvalue weighted by molar-refractivity contribution is 8.15. The van der Waals surface area contributed by atoms with Crippen molar-refractivity contribution in [2.45, 2.75) is 23.6 Å². The first-order chi connectivity index (χ1) is 14.3. The van der Waals surface area contributed by atoms with Crippen molar-refractivity contribution < 1.29 is 13.5 Å². The van der Waals surface area contributed by atoms with Crippen LogP contribution in [0.3, 0.4) is 0 Å². The maximum Gasteiger partial charge on any atom is 0.287 e. The number of nitrogens with two attached hydrogens (primary N) is 1. The number of hydrogen-bond donors (Lipinski definition) is 1. The van der Waals surface area contributed by atoms with Crippen LogP contribution in [0.1, 0.15) is 30.2 Å². The molecule has 6 nitrogen and oxygen atoms in total. The summed E-state index contributed by atoms with van der Waals surface area (Å²) in [5.74, 6) is -0.909. The van der Waals surface area contributed by atoms with Gasteiger partial charge in [-0.25, -0.2) is 8.78 Å². The Morgan fingerprint density at radius 1 is 1.43 bits per heavy atom.